The molecule has 0 aliphatic carbocycles. The van der Waals surface area contributed by atoms with Crippen LogP contribution >= 0.6 is 0 Å². The highest BCUT2D eigenvalue weighted by molar-refractivity contribution is 4.81. The quantitative estimate of drug-likeness (QED) is 0.591. The molecule has 0 aromatic carbocycles. The molecule has 114 valence electrons. The summed E-state index contributed by atoms with van der Waals surface area (Å²) in [6, 6.07) is 0.619. The number of aliphatic hydroxyl groups excluding tert-OH is 1. The summed E-state index contributed by atoms with van der Waals surface area (Å²) in [6.45, 7) is 7.68. The summed E-state index contributed by atoms with van der Waals surface area (Å²) in [7, 11) is 2.20. The Morgan fingerprint density at radius 2 is 2.16 bits per heavy atom. The molecule has 1 heterocycles. The summed E-state index contributed by atoms with van der Waals surface area (Å²) in [5, 5.41) is 12.4. The molecule has 0 saturated carbocycles. The van der Waals surface area contributed by atoms with Gasteiger partial charge in [-0.2, -0.15) is 0 Å². The number of hydrogen-bond acceptors (Lipinski definition) is 4. The van der Waals surface area contributed by atoms with E-state index in [0.29, 0.717) is 18.6 Å². The predicted octanol–water partition coefficient (Wildman–Crippen LogP) is 1.49. The van der Waals surface area contributed by atoms with Crippen LogP contribution in [-0.4, -0.2) is 62.6 Å². The van der Waals surface area contributed by atoms with E-state index < -0.39 is 0 Å². The van der Waals surface area contributed by atoms with E-state index in [0.717, 1.165) is 52.1 Å². The molecule has 1 aliphatic rings. The van der Waals surface area contributed by atoms with Crippen LogP contribution in [-0.2, 0) is 4.74 Å². The third-order valence-corrected chi connectivity index (χ3v) is 3.87. The Balaban J connectivity index is 2.22. The van der Waals surface area contributed by atoms with Crippen molar-refractivity contribution in [1.82, 2.24) is 10.2 Å². The van der Waals surface area contributed by atoms with Gasteiger partial charge in [-0.3, -0.25) is 0 Å². The van der Waals surface area contributed by atoms with Crippen molar-refractivity contribution in [3.05, 3.63) is 0 Å². The Labute approximate surface area is 118 Å². The van der Waals surface area contributed by atoms with Crippen molar-refractivity contribution in [3.8, 4) is 0 Å². The molecule has 19 heavy (non-hydrogen) atoms. The van der Waals surface area contributed by atoms with Gasteiger partial charge in [0.1, 0.15) is 0 Å². The van der Waals surface area contributed by atoms with Gasteiger partial charge in [-0.05, 0) is 52.2 Å². The van der Waals surface area contributed by atoms with Gasteiger partial charge in [0.25, 0.3) is 0 Å². The van der Waals surface area contributed by atoms with Gasteiger partial charge in [0.2, 0.25) is 0 Å². The molecule has 1 fully saturated rings. The van der Waals surface area contributed by atoms with E-state index in [2.05, 4.69) is 24.2 Å². The molecule has 2 N–H and O–H groups in total. The predicted molar refractivity (Wildman–Crippen MR) is 79.4 cm³/mol. The number of rotatable bonds is 10. The molecular weight excluding hydrogens is 240 g/mol. The van der Waals surface area contributed by atoms with Gasteiger partial charge >= 0.3 is 0 Å². The van der Waals surface area contributed by atoms with E-state index in [9.17, 15) is 0 Å². The van der Waals surface area contributed by atoms with Gasteiger partial charge in [-0.1, -0.05) is 6.92 Å². The molecule has 1 aliphatic heterocycles. The van der Waals surface area contributed by atoms with E-state index in [4.69, 9.17) is 9.84 Å². The largest absolute Gasteiger partial charge is 0.396 e. The highest BCUT2D eigenvalue weighted by Crippen LogP contribution is 2.16. The van der Waals surface area contributed by atoms with E-state index in [1.165, 1.54) is 12.8 Å². The van der Waals surface area contributed by atoms with Crippen LogP contribution in [0.25, 0.3) is 0 Å². The highest BCUT2D eigenvalue weighted by Gasteiger charge is 2.25. The minimum atomic E-state index is 0.323. The van der Waals surface area contributed by atoms with Gasteiger partial charge in [0.15, 0.2) is 0 Å². The maximum absolute atomic E-state index is 8.77. The number of unbranched alkanes of at least 4 members (excludes halogenated alkanes) is 2. The van der Waals surface area contributed by atoms with Crippen molar-refractivity contribution in [2.75, 3.05) is 46.5 Å². The van der Waals surface area contributed by atoms with E-state index in [1.54, 1.807) is 0 Å². The summed E-state index contributed by atoms with van der Waals surface area (Å²) in [5.74, 6) is 0.614. The molecule has 0 radical (unpaired) electrons. The second kappa shape index (κ2) is 10.6. The highest BCUT2D eigenvalue weighted by atomic mass is 16.5. The average molecular weight is 272 g/mol. The number of aliphatic hydroxyl groups is 1. The molecule has 2 unspecified atom stereocenters. The fraction of sp³-hybridized carbons (Fsp3) is 1.00. The lowest BCUT2D eigenvalue weighted by molar-refractivity contribution is 0.0196. The Hall–Kier alpha value is -0.160. The first-order valence-electron chi connectivity index (χ1n) is 7.88. The van der Waals surface area contributed by atoms with E-state index in [-0.39, 0.29) is 0 Å². The van der Waals surface area contributed by atoms with E-state index in [1.807, 2.05) is 0 Å². The molecule has 1 rings (SSSR count). The SMILES string of the molecule is CCCNC1CCOCC1CN(C)CCCCCO. The number of nitrogens with zero attached hydrogens (tertiary/aromatic N) is 1. The van der Waals surface area contributed by atoms with Gasteiger partial charge in [-0.15, -0.1) is 0 Å². The first kappa shape index (κ1) is 16.9. The lowest BCUT2D eigenvalue weighted by atomic mass is 9.95. The Morgan fingerprint density at radius 1 is 1.32 bits per heavy atom. The zero-order chi connectivity index (χ0) is 13.9. The molecule has 0 aromatic heterocycles. The van der Waals surface area contributed by atoms with Crippen molar-refractivity contribution < 1.29 is 9.84 Å². The number of nitrogens with one attached hydrogen (secondary N) is 1. The van der Waals surface area contributed by atoms with Gasteiger partial charge in [0, 0.05) is 31.7 Å². The van der Waals surface area contributed by atoms with Crippen molar-refractivity contribution in [2.24, 2.45) is 5.92 Å². The van der Waals surface area contributed by atoms with Crippen molar-refractivity contribution in [2.45, 2.75) is 45.1 Å². The van der Waals surface area contributed by atoms with Crippen LogP contribution in [0.3, 0.4) is 0 Å². The summed E-state index contributed by atoms with van der Waals surface area (Å²) in [4.78, 5) is 2.41. The van der Waals surface area contributed by atoms with Crippen LogP contribution in [0, 0.1) is 5.92 Å². The molecule has 1 saturated heterocycles. The van der Waals surface area contributed by atoms with Crippen LogP contribution in [0.4, 0.5) is 0 Å². The van der Waals surface area contributed by atoms with Crippen LogP contribution in [0.5, 0.6) is 0 Å². The lowest BCUT2D eigenvalue weighted by Gasteiger charge is -2.35. The maximum atomic E-state index is 8.77. The molecule has 0 spiro atoms. The van der Waals surface area contributed by atoms with Crippen molar-refractivity contribution >= 4 is 0 Å². The molecule has 4 heteroatoms. The molecular formula is C15H32N2O2. The Bertz CT molecular complexity index is 214. The minimum absolute atomic E-state index is 0.323. The monoisotopic (exact) mass is 272 g/mol. The zero-order valence-corrected chi connectivity index (χ0v) is 12.7. The van der Waals surface area contributed by atoms with Crippen molar-refractivity contribution in [1.29, 1.82) is 0 Å². The molecule has 0 aromatic rings. The molecule has 4 nitrogen and oxygen atoms in total. The zero-order valence-electron chi connectivity index (χ0n) is 12.7. The topological polar surface area (TPSA) is 44.7 Å². The average Bonchev–Trinajstić information content (AvgIpc) is 2.43. The lowest BCUT2D eigenvalue weighted by Crippen LogP contribution is -2.47. The first-order valence-corrected chi connectivity index (χ1v) is 7.88. The van der Waals surface area contributed by atoms with Crippen molar-refractivity contribution in [3.63, 3.8) is 0 Å². The van der Waals surface area contributed by atoms with E-state index >= 15 is 0 Å². The summed E-state index contributed by atoms with van der Waals surface area (Å²) in [5.41, 5.74) is 0. The van der Waals surface area contributed by atoms with Crippen LogP contribution in [0.1, 0.15) is 39.0 Å². The summed E-state index contributed by atoms with van der Waals surface area (Å²) in [6.07, 6.45) is 5.57. The second-order valence-electron chi connectivity index (χ2n) is 5.73. The van der Waals surface area contributed by atoms with Gasteiger partial charge in [0.05, 0.1) is 6.61 Å². The number of hydrogen-bond donors (Lipinski definition) is 2. The standard InChI is InChI=1S/C15H32N2O2/c1-3-8-16-15-7-11-19-13-14(15)12-17(2)9-5-4-6-10-18/h14-16,18H,3-13H2,1-2H3. The van der Waals surface area contributed by atoms with Crippen LogP contribution in [0.2, 0.25) is 0 Å². The molecule has 2 atom stereocenters. The van der Waals surface area contributed by atoms with Gasteiger partial charge < -0.3 is 20.1 Å². The fourth-order valence-electron chi connectivity index (χ4n) is 2.74. The molecule has 0 amide bonds. The van der Waals surface area contributed by atoms with Crippen LogP contribution in [0.15, 0.2) is 0 Å². The second-order valence-corrected chi connectivity index (χ2v) is 5.73. The Morgan fingerprint density at radius 3 is 2.89 bits per heavy atom. The fourth-order valence-corrected chi connectivity index (χ4v) is 2.74. The number of ether oxygens (including phenoxy) is 1. The normalized spacial score (nSPS) is 24.0. The minimum Gasteiger partial charge on any atom is -0.396 e. The summed E-state index contributed by atoms with van der Waals surface area (Å²) >= 11 is 0. The first-order chi connectivity index (χ1) is 9.27. The summed E-state index contributed by atoms with van der Waals surface area (Å²) < 4.78 is 5.64. The Kier molecular flexibility index (Phi) is 9.43. The van der Waals surface area contributed by atoms with Crippen LogP contribution < -0.4 is 5.32 Å². The maximum Gasteiger partial charge on any atom is 0.0521 e. The third-order valence-electron chi connectivity index (χ3n) is 3.87. The van der Waals surface area contributed by atoms with Gasteiger partial charge in [-0.25, -0.2) is 0 Å². The smallest absolute Gasteiger partial charge is 0.0521 e. The molecule has 0 bridgehead atoms. The third kappa shape index (κ3) is 7.25.